The Morgan fingerprint density at radius 2 is 1.74 bits per heavy atom. The van der Waals surface area contributed by atoms with E-state index in [1.54, 1.807) is 0 Å². The number of hydrogen-bond donors (Lipinski definition) is 0. The van der Waals surface area contributed by atoms with E-state index in [0.29, 0.717) is 25.9 Å². The van der Waals surface area contributed by atoms with E-state index in [0.717, 1.165) is 6.42 Å². The molecular formula is C16H24O6Si. The molecule has 1 aliphatic heterocycles. The van der Waals surface area contributed by atoms with Crippen molar-refractivity contribution in [1.29, 1.82) is 0 Å². The van der Waals surface area contributed by atoms with E-state index in [2.05, 4.69) is 6.08 Å². The molecule has 2 aliphatic carbocycles. The monoisotopic (exact) mass is 340 g/mol. The molecule has 2 fully saturated rings. The first-order valence-corrected chi connectivity index (χ1v) is 10.3. The summed E-state index contributed by atoms with van der Waals surface area (Å²) in [4.78, 5) is 24.2. The van der Waals surface area contributed by atoms with Crippen LogP contribution in [0.2, 0.25) is 6.04 Å². The molecule has 0 aromatic rings. The van der Waals surface area contributed by atoms with Crippen LogP contribution in [0.25, 0.3) is 0 Å². The Kier molecular flexibility index (Phi) is 4.48. The number of ether oxygens (including phenoxy) is 1. The second-order valence-electron chi connectivity index (χ2n) is 6.36. The first kappa shape index (κ1) is 16.8. The third-order valence-electron chi connectivity index (χ3n) is 5.10. The topological polar surface area (TPSA) is 71.1 Å². The van der Waals surface area contributed by atoms with Gasteiger partial charge in [0.1, 0.15) is 0 Å². The van der Waals surface area contributed by atoms with Crippen LogP contribution in [0, 0.1) is 23.2 Å². The van der Waals surface area contributed by atoms with E-state index in [-0.39, 0.29) is 17.8 Å². The van der Waals surface area contributed by atoms with Crippen LogP contribution in [0.3, 0.4) is 0 Å². The molecule has 3 aliphatic rings. The molecule has 7 heteroatoms. The molecule has 0 spiro atoms. The van der Waals surface area contributed by atoms with Gasteiger partial charge in [-0.25, -0.2) is 0 Å². The molecule has 23 heavy (non-hydrogen) atoms. The lowest BCUT2D eigenvalue weighted by Gasteiger charge is -2.37. The fourth-order valence-electron chi connectivity index (χ4n) is 4.48. The highest BCUT2D eigenvalue weighted by Crippen LogP contribution is 2.62. The zero-order valence-electron chi connectivity index (χ0n) is 13.9. The zero-order valence-corrected chi connectivity index (χ0v) is 14.9. The molecule has 4 unspecified atom stereocenters. The maximum Gasteiger partial charge on any atom is 0.501 e. The van der Waals surface area contributed by atoms with Gasteiger partial charge in [0.15, 0.2) is 0 Å². The first-order valence-electron chi connectivity index (χ1n) is 8.37. The van der Waals surface area contributed by atoms with Crippen LogP contribution in [0.15, 0.2) is 12.2 Å². The highest BCUT2D eigenvalue weighted by atomic mass is 28.4. The minimum absolute atomic E-state index is 0.0792. The third kappa shape index (κ3) is 2.59. The number of cyclic esters (lactones) is 2. The van der Waals surface area contributed by atoms with Gasteiger partial charge in [0, 0.05) is 31.3 Å². The molecule has 1 heterocycles. The Balaban J connectivity index is 1.91. The number of allylic oxidation sites excluding steroid dienone is 2. The molecule has 6 nitrogen and oxygen atoms in total. The lowest BCUT2D eigenvalue weighted by Crippen LogP contribution is -2.51. The van der Waals surface area contributed by atoms with Crippen molar-refractivity contribution in [3.05, 3.63) is 12.2 Å². The second-order valence-corrected chi connectivity index (χ2v) is 8.95. The lowest BCUT2D eigenvalue weighted by atomic mass is 9.76. The quantitative estimate of drug-likeness (QED) is 0.291. The van der Waals surface area contributed by atoms with Crippen molar-refractivity contribution in [2.75, 3.05) is 19.8 Å². The van der Waals surface area contributed by atoms with Gasteiger partial charge in [-0.15, -0.1) is 0 Å². The first-order chi connectivity index (χ1) is 11.0. The molecule has 3 rings (SSSR count). The normalized spacial score (nSPS) is 35.0. The predicted molar refractivity (Wildman–Crippen MR) is 83.2 cm³/mol. The van der Waals surface area contributed by atoms with Gasteiger partial charge in [-0.1, -0.05) is 12.2 Å². The van der Waals surface area contributed by atoms with Crippen LogP contribution in [-0.4, -0.2) is 40.6 Å². The second kappa shape index (κ2) is 6.12. The fourth-order valence-corrected chi connectivity index (χ4v) is 7.64. The Morgan fingerprint density at radius 3 is 2.30 bits per heavy atom. The summed E-state index contributed by atoms with van der Waals surface area (Å²) in [6, 6.07) is 0.520. The van der Waals surface area contributed by atoms with E-state index >= 15 is 0 Å². The predicted octanol–water partition coefficient (Wildman–Crippen LogP) is 1.93. The van der Waals surface area contributed by atoms with E-state index in [1.165, 1.54) is 0 Å². The summed E-state index contributed by atoms with van der Waals surface area (Å²) >= 11 is 0. The molecule has 0 radical (unpaired) electrons. The number of carbonyl (C=O) groups excluding carboxylic acids is 2. The molecule has 0 aromatic heterocycles. The molecule has 0 aromatic carbocycles. The van der Waals surface area contributed by atoms with Crippen LogP contribution in [0.1, 0.15) is 27.2 Å². The van der Waals surface area contributed by atoms with E-state index in [1.807, 2.05) is 26.8 Å². The zero-order chi connectivity index (χ0) is 16.7. The SMILES string of the molecule is CCO[Si](CC12C=CC(C1)C1C(=O)OC(=O)C12)(OCC)OCC. The van der Waals surface area contributed by atoms with E-state index < -0.39 is 26.1 Å². The average Bonchev–Trinajstić information content (AvgIpc) is 3.11. The van der Waals surface area contributed by atoms with Crippen molar-refractivity contribution < 1.29 is 27.6 Å². The van der Waals surface area contributed by atoms with Crippen LogP contribution in [0.4, 0.5) is 0 Å². The van der Waals surface area contributed by atoms with Gasteiger partial charge < -0.3 is 18.0 Å². The molecule has 2 bridgehead atoms. The van der Waals surface area contributed by atoms with Crippen molar-refractivity contribution in [3.63, 3.8) is 0 Å². The number of esters is 2. The number of fused-ring (bicyclic) bond motifs is 5. The van der Waals surface area contributed by atoms with Crippen molar-refractivity contribution in [2.24, 2.45) is 23.2 Å². The summed E-state index contributed by atoms with van der Waals surface area (Å²) in [6.45, 7) is 7.22. The maximum absolute atomic E-state index is 12.2. The molecule has 128 valence electrons. The molecule has 0 N–H and O–H groups in total. The smallest absolute Gasteiger partial charge is 0.393 e. The van der Waals surface area contributed by atoms with Crippen molar-refractivity contribution in [1.82, 2.24) is 0 Å². The van der Waals surface area contributed by atoms with Gasteiger partial charge in [0.25, 0.3) is 0 Å². The fraction of sp³-hybridized carbons (Fsp3) is 0.750. The minimum atomic E-state index is -2.91. The summed E-state index contributed by atoms with van der Waals surface area (Å²) in [5, 5.41) is 0. The third-order valence-corrected chi connectivity index (χ3v) is 8.37. The average molecular weight is 340 g/mol. The molecule has 1 saturated heterocycles. The lowest BCUT2D eigenvalue weighted by molar-refractivity contribution is -0.155. The number of rotatable bonds is 8. The van der Waals surface area contributed by atoms with Gasteiger partial charge >= 0.3 is 20.7 Å². The minimum Gasteiger partial charge on any atom is -0.393 e. The van der Waals surface area contributed by atoms with E-state index in [4.69, 9.17) is 18.0 Å². The molecule has 0 amide bonds. The summed E-state index contributed by atoms with van der Waals surface area (Å²) in [5.41, 5.74) is -0.440. The maximum atomic E-state index is 12.2. The summed E-state index contributed by atoms with van der Waals surface area (Å²) in [5.74, 6) is -1.47. The van der Waals surface area contributed by atoms with Gasteiger partial charge in [-0.05, 0) is 33.1 Å². The van der Waals surface area contributed by atoms with Crippen LogP contribution < -0.4 is 0 Å². The summed E-state index contributed by atoms with van der Waals surface area (Å²) < 4.78 is 22.8. The molecular weight excluding hydrogens is 316 g/mol. The van der Waals surface area contributed by atoms with Crippen molar-refractivity contribution in [2.45, 2.75) is 33.2 Å². The highest BCUT2D eigenvalue weighted by molar-refractivity contribution is 6.61. The Bertz CT molecular complexity index is 516. The standard InChI is InChI=1S/C16H24O6Si/c1-4-19-23(20-5-2,21-6-3)10-16-8-7-11(9-16)12-13(16)15(18)22-14(12)17/h7-8,11-13H,4-6,9-10H2,1-3H3. The van der Waals surface area contributed by atoms with Crippen LogP contribution in [-0.2, 0) is 27.6 Å². The van der Waals surface area contributed by atoms with Gasteiger partial charge in [-0.3, -0.25) is 9.59 Å². The largest absolute Gasteiger partial charge is 0.501 e. The highest BCUT2D eigenvalue weighted by Gasteiger charge is 2.68. The Morgan fingerprint density at radius 1 is 1.13 bits per heavy atom. The van der Waals surface area contributed by atoms with Crippen molar-refractivity contribution in [3.8, 4) is 0 Å². The van der Waals surface area contributed by atoms with Gasteiger partial charge in [0.2, 0.25) is 0 Å². The van der Waals surface area contributed by atoms with Gasteiger partial charge in [0.05, 0.1) is 11.8 Å². The van der Waals surface area contributed by atoms with Gasteiger partial charge in [-0.2, -0.15) is 0 Å². The van der Waals surface area contributed by atoms with E-state index in [9.17, 15) is 9.59 Å². The molecule has 4 atom stereocenters. The number of carbonyl (C=O) groups is 2. The number of hydrogen-bond acceptors (Lipinski definition) is 6. The molecule has 1 saturated carbocycles. The van der Waals surface area contributed by atoms with Crippen LogP contribution >= 0.6 is 0 Å². The summed E-state index contributed by atoms with van der Waals surface area (Å²) in [6.07, 6.45) is 4.88. The Labute approximate surface area is 137 Å². The van der Waals surface area contributed by atoms with Crippen molar-refractivity contribution >= 4 is 20.7 Å². The summed E-state index contributed by atoms with van der Waals surface area (Å²) in [7, 11) is -2.91. The van der Waals surface area contributed by atoms with Crippen LogP contribution in [0.5, 0.6) is 0 Å². The Hall–Kier alpha value is -1.02.